The van der Waals surface area contributed by atoms with Gasteiger partial charge in [0.1, 0.15) is 5.69 Å². The van der Waals surface area contributed by atoms with Gasteiger partial charge in [-0.2, -0.15) is 0 Å². The number of amides is 1. The van der Waals surface area contributed by atoms with Crippen LogP contribution in [0, 0.1) is 0 Å². The third kappa shape index (κ3) is 4.64. The number of para-hydroxylation sites is 1. The van der Waals surface area contributed by atoms with Crippen LogP contribution in [0.5, 0.6) is 11.5 Å². The fourth-order valence-electron chi connectivity index (χ4n) is 2.54. The highest BCUT2D eigenvalue weighted by Gasteiger charge is 2.16. The normalized spacial score (nSPS) is 10.2. The summed E-state index contributed by atoms with van der Waals surface area (Å²) in [4.78, 5) is 28.7. The number of hydrogen-bond donors (Lipinski definition) is 2. The van der Waals surface area contributed by atoms with Crippen molar-refractivity contribution in [1.29, 1.82) is 0 Å². The Labute approximate surface area is 171 Å². The number of rotatable bonds is 7. The number of ether oxygens (including phenoxy) is 3. The van der Waals surface area contributed by atoms with Crippen molar-refractivity contribution >= 4 is 39.7 Å². The van der Waals surface area contributed by atoms with E-state index in [1.165, 1.54) is 18.4 Å². The Bertz CT molecular complexity index is 1030. The predicted octanol–water partition coefficient (Wildman–Crippen LogP) is 3.94. The largest absolute Gasteiger partial charge is 0.493 e. The molecule has 0 aliphatic heterocycles. The van der Waals surface area contributed by atoms with Gasteiger partial charge in [-0.05, 0) is 24.3 Å². The first-order valence-electron chi connectivity index (χ1n) is 8.49. The highest BCUT2D eigenvalue weighted by molar-refractivity contribution is 7.14. The molecule has 0 aliphatic carbocycles. The first-order chi connectivity index (χ1) is 14.0. The Morgan fingerprint density at radius 1 is 1.00 bits per heavy atom. The summed E-state index contributed by atoms with van der Waals surface area (Å²) < 4.78 is 15.2. The van der Waals surface area contributed by atoms with Crippen LogP contribution in [-0.2, 0) is 4.74 Å². The van der Waals surface area contributed by atoms with E-state index >= 15 is 0 Å². The molecule has 3 rings (SSSR count). The lowest BCUT2D eigenvalue weighted by Gasteiger charge is -2.10. The molecule has 29 heavy (non-hydrogen) atoms. The Hall–Kier alpha value is -3.59. The highest BCUT2D eigenvalue weighted by Crippen LogP contribution is 2.31. The van der Waals surface area contributed by atoms with E-state index in [0.29, 0.717) is 22.3 Å². The third-order valence-electron chi connectivity index (χ3n) is 3.95. The number of hydrogen-bond acceptors (Lipinski definition) is 8. The second-order valence-electron chi connectivity index (χ2n) is 5.72. The van der Waals surface area contributed by atoms with Gasteiger partial charge in [0.15, 0.2) is 16.6 Å². The van der Waals surface area contributed by atoms with E-state index in [4.69, 9.17) is 14.2 Å². The Kier molecular flexibility index (Phi) is 6.30. The van der Waals surface area contributed by atoms with E-state index in [-0.39, 0.29) is 11.3 Å². The number of benzene rings is 2. The van der Waals surface area contributed by atoms with Crippen molar-refractivity contribution in [2.75, 3.05) is 32.0 Å². The SMILES string of the molecule is COC(=O)c1ccccc1NC(=O)c1csc(Nc2ccc(OC)c(OC)c2)n1. The molecule has 9 heteroatoms. The van der Waals surface area contributed by atoms with Crippen LogP contribution in [0.2, 0.25) is 0 Å². The van der Waals surface area contributed by atoms with Gasteiger partial charge in [0.25, 0.3) is 5.91 Å². The maximum absolute atomic E-state index is 12.5. The minimum absolute atomic E-state index is 0.220. The number of carbonyl (C=O) groups excluding carboxylic acids is 2. The summed E-state index contributed by atoms with van der Waals surface area (Å²) in [6, 6.07) is 12.0. The monoisotopic (exact) mass is 413 g/mol. The molecule has 2 aromatic carbocycles. The first kappa shape index (κ1) is 20.2. The van der Waals surface area contributed by atoms with Crippen molar-refractivity contribution in [1.82, 2.24) is 4.98 Å². The molecule has 0 fully saturated rings. The number of esters is 1. The fourth-order valence-corrected chi connectivity index (χ4v) is 3.25. The molecular weight excluding hydrogens is 394 g/mol. The number of thiazole rings is 1. The Morgan fingerprint density at radius 2 is 1.76 bits per heavy atom. The molecular formula is C20H19N3O5S. The van der Waals surface area contributed by atoms with Crippen molar-refractivity contribution in [2.24, 2.45) is 0 Å². The van der Waals surface area contributed by atoms with Crippen LogP contribution >= 0.6 is 11.3 Å². The average Bonchev–Trinajstić information content (AvgIpc) is 3.22. The van der Waals surface area contributed by atoms with Gasteiger partial charge in [0.05, 0.1) is 32.6 Å². The molecule has 0 spiro atoms. The van der Waals surface area contributed by atoms with Crippen LogP contribution in [0.3, 0.4) is 0 Å². The number of anilines is 3. The zero-order chi connectivity index (χ0) is 20.8. The third-order valence-corrected chi connectivity index (χ3v) is 4.71. The zero-order valence-electron chi connectivity index (χ0n) is 16.0. The fraction of sp³-hybridized carbons (Fsp3) is 0.150. The van der Waals surface area contributed by atoms with Crippen molar-refractivity contribution in [2.45, 2.75) is 0 Å². The van der Waals surface area contributed by atoms with Gasteiger partial charge in [-0.3, -0.25) is 4.79 Å². The van der Waals surface area contributed by atoms with E-state index in [0.717, 1.165) is 5.69 Å². The molecule has 1 aromatic heterocycles. The summed E-state index contributed by atoms with van der Waals surface area (Å²) in [5, 5.41) is 7.97. The van der Waals surface area contributed by atoms with Gasteiger partial charge in [0, 0.05) is 17.1 Å². The van der Waals surface area contributed by atoms with E-state index in [2.05, 4.69) is 15.6 Å². The number of carbonyl (C=O) groups is 2. The summed E-state index contributed by atoms with van der Waals surface area (Å²) in [5.74, 6) is 0.223. The lowest BCUT2D eigenvalue weighted by molar-refractivity contribution is 0.0602. The molecule has 0 atom stereocenters. The number of nitrogens with zero attached hydrogens (tertiary/aromatic N) is 1. The molecule has 0 bridgehead atoms. The topological polar surface area (TPSA) is 98.8 Å². The smallest absolute Gasteiger partial charge is 0.339 e. The van der Waals surface area contributed by atoms with Gasteiger partial charge in [0.2, 0.25) is 0 Å². The second kappa shape index (κ2) is 9.07. The zero-order valence-corrected chi connectivity index (χ0v) is 16.8. The molecule has 3 aromatic rings. The molecule has 1 heterocycles. The predicted molar refractivity (Wildman–Crippen MR) is 111 cm³/mol. The Morgan fingerprint density at radius 3 is 2.48 bits per heavy atom. The Balaban J connectivity index is 1.74. The van der Waals surface area contributed by atoms with Crippen molar-refractivity contribution in [3.8, 4) is 11.5 Å². The second-order valence-corrected chi connectivity index (χ2v) is 6.58. The maximum atomic E-state index is 12.5. The van der Waals surface area contributed by atoms with Crippen LogP contribution < -0.4 is 20.1 Å². The molecule has 0 aliphatic rings. The summed E-state index contributed by atoms with van der Waals surface area (Å²) in [7, 11) is 4.40. The van der Waals surface area contributed by atoms with Gasteiger partial charge in [-0.1, -0.05) is 12.1 Å². The van der Waals surface area contributed by atoms with Crippen LogP contribution in [-0.4, -0.2) is 38.2 Å². The molecule has 8 nitrogen and oxygen atoms in total. The van der Waals surface area contributed by atoms with Crippen molar-refractivity contribution in [3.05, 3.63) is 59.1 Å². The molecule has 0 saturated heterocycles. The summed E-state index contributed by atoms with van der Waals surface area (Å²) >= 11 is 1.27. The van der Waals surface area contributed by atoms with E-state index < -0.39 is 11.9 Å². The quantitative estimate of drug-likeness (QED) is 0.566. The lowest BCUT2D eigenvalue weighted by atomic mass is 10.2. The average molecular weight is 413 g/mol. The number of methoxy groups -OCH3 is 3. The minimum Gasteiger partial charge on any atom is -0.493 e. The molecule has 0 saturated carbocycles. The molecule has 2 N–H and O–H groups in total. The van der Waals surface area contributed by atoms with E-state index in [1.807, 2.05) is 6.07 Å². The van der Waals surface area contributed by atoms with Gasteiger partial charge in [-0.15, -0.1) is 11.3 Å². The van der Waals surface area contributed by atoms with Gasteiger partial charge >= 0.3 is 5.97 Å². The van der Waals surface area contributed by atoms with Crippen LogP contribution in [0.25, 0.3) is 0 Å². The van der Waals surface area contributed by atoms with E-state index in [9.17, 15) is 9.59 Å². The molecule has 0 unspecified atom stereocenters. The van der Waals surface area contributed by atoms with E-state index in [1.54, 1.807) is 56.0 Å². The van der Waals surface area contributed by atoms with Gasteiger partial charge < -0.3 is 24.8 Å². The van der Waals surface area contributed by atoms with Crippen LogP contribution in [0.1, 0.15) is 20.8 Å². The number of aromatic nitrogens is 1. The number of nitrogens with one attached hydrogen (secondary N) is 2. The van der Waals surface area contributed by atoms with Gasteiger partial charge in [-0.25, -0.2) is 9.78 Å². The van der Waals surface area contributed by atoms with Crippen LogP contribution in [0.15, 0.2) is 47.8 Å². The van der Waals surface area contributed by atoms with Crippen LogP contribution in [0.4, 0.5) is 16.5 Å². The summed E-state index contributed by atoms with van der Waals surface area (Å²) in [6.07, 6.45) is 0. The standard InChI is InChI=1S/C20H19N3O5S/c1-26-16-9-8-12(10-17(16)27-2)21-20-23-15(11-29-20)18(24)22-14-7-5-4-6-13(14)19(25)28-3/h4-11H,1-3H3,(H,21,23)(H,22,24). The maximum Gasteiger partial charge on any atom is 0.339 e. The molecule has 150 valence electrons. The molecule has 1 amide bonds. The first-order valence-corrected chi connectivity index (χ1v) is 9.37. The summed E-state index contributed by atoms with van der Waals surface area (Å²) in [5.41, 5.74) is 1.58. The minimum atomic E-state index is -0.532. The lowest BCUT2D eigenvalue weighted by Crippen LogP contribution is -2.15. The van der Waals surface area contributed by atoms with Crippen molar-refractivity contribution < 1.29 is 23.8 Å². The molecule has 0 radical (unpaired) electrons. The highest BCUT2D eigenvalue weighted by atomic mass is 32.1. The van der Waals surface area contributed by atoms with Crippen molar-refractivity contribution in [3.63, 3.8) is 0 Å². The summed E-state index contributed by atoms with van der Waals surface area (Å²) in [6.45, 7) is 0.